The van der Waals surface area contributed by atoms with Gasteiger partial charge in [0.1, 0.15) is 0 Å². The maximum atomic E-state index is 12.1. The van der Waals surface area contributed by atoms with Crippen molar-refractivity contribution in [3.63, 3.8) is 0 Å². The minimum absolute atomic E-state index is 0.0387. The third-order valence-corrected chi connectivity index (χ3v) is 5.38. The lowest BCUT2D eigenvalue weighted by Gasteiger charge is -2.01. The molecule has 0 saturated heterocycles. The van der Waals surface area contributed by atoms with E-state index in [0.29, 0.717) is 10.7 Å². The van der Waals surface area contributed by atoms with E-state index in [0.717, 1.165) is 14.8 Å². The van der Waals surface area contributed by atoms with Gasteiger partial charge in [-0.15, -0.1) is 11.3 Å². The number of rotatable bonds is 3. The van der Waals surface area contributed by atoms with Gasteiger partial charge in [-0.1, -0.05) is 0 Å². The molecule has 0 N–H and O–H groups in total. The normalized spacial score (nSPS) is 10.7. The van der Waals surface area contributed by atoms with Gasteiger partial charge in [0.25, 0.3) is 0 Å². The van der Waals surface area contributed by atoms with Gasteiger partial charge in [-0.25, -0.2) is 4.98 Å². The zero-order valence-corrected chi connectivity index (χ0v) is 12.4. The van der Waals surface area contributed by atoms with E-state index in [4.69, 9.17) is 0 Å². The molecule has 2 heterocycles. The lowest BCUT2D eigenvalue weighted by Crippen LogP contribution is -2.08. The van der Waals surface area contributed by atoms with E-state index in [1.54, 1.807) is 6.20 Å². The Morgan fingerprint density at radius 1 is 1.56 bits per heavy atom. The summed E-state index contributed by atoms with van der Waals surface area (Å²) in [5.41, 5.74) is 0. The predicted molar refractivity (Wildman–Crippen MR) is 71.1 cm³/mol. The predicted octanol–water partition coefficient (Wildman–Crippen LogP) is 3.72. The van der Waals surface area contributed by atoms with Gasteiger partial charge in [0.2, 0.25) is 5.78 Å². The third kappa shape index (κ3) is 2.14. The van der Waals surface area contributed by atoms with Crippen LogP contribution in [0.3, 0.4) is 0 Å². The fraction of sp³-hybridized carbons (Fsp3) is 0.200. The molecule has 0 aliphatic rings. The highest BCUT2D eigenvalue weighted by atomic mass is 79.9. The molecule has 0 spiro atoms. The molecule has 0 saturated carbocycles. The molecule has 3 nitrogen and oxygen atoms in total. The molecule has 84 valence electrons. The number of nitrogens with zero attached hydrogens (tertiary/aromatic N) is 2. The van der Waals surface area contributed by atoms with Crippen LogP contribution in [0.2, 0.25) is 0 Å². The number of carbonyl (C=O) groups excluding carboxylic acids is 1. The summed E-state index contributed by atoms with van der Waals surface area (Å²) in [6, 6.07) is 1.81. The third-order valence-electron chi connectivity index (χ3n) is 2.13. The van der Waals surface area contributed by atoms with E-state index in [1.807, 2.05) is 23.8 Å². The largest absolute Gasteiger partial charge is 0.328 e. The summed E-state index contributed by atoms with van der Waals surface area (Å²) in [6.07, 6.45) is 3.46. The van der Waals surface area contributed by atoms with Crippen molar-refractivity contribution >= 4 is 49.0 Å². The number of imidazole rings is 1. The second kappa shape index (κ2) is 4.81. The molecule has 0 aliphatic heterocycles. The van der Waals surface area contributed by atoms with Crippen molar-refractivity contribution in [2.24, 2.45) is 0 Å². The van der Waals surface area contributed by atoms with Crippen LogP contribution in [0.25, 0.3) is 0 Å². The van der Waals surface area contributed by atoms with E-state index in [-0.39, 0.29) is 5.78 Å². The van der Waals surface area contributed by atoms with Gasteiger partial charge in [-0.05, 0) is 44.8 Å². The highest BCUT2D eigenvalue weighted by molar-refractivity contribution is 9.13. The fourth-order valence-corrected chi connectivity index (χ4v) is 3.31. The average Bonchev–Trinajstić information content (AvgIpc) is 2.85. The number of hydrogen-bond acceptors (Lipinski definition) is 3. The fourth-order valence-electron chi connectivity index (χ4n) is 1.34. The van der Waals surface area contributed by atoms with Gasteiger partial charge >= 0.3 is 0 Å². The van der Waals surface area contributed by atoms with E-state index >= 15 is 0 Å². The van der Waals surface area contributed by atoms with Crippen LogP contribution in [-0.2, 0) is 6.54 Å². The Morgan fingerprint density at radius 2 is 2.31 bits per heavy atom. The topological polar surface area (TPSA) is 34.9 Å². The number of carbonyl (C=O) groups is 1. The maximum absolute atomic E-state index is 12.1. The molecule has 2 aromatic rings. The SMILES string of the molecule is CCn1ccnc1C(=O)c1cc(Br)c(Br)s1. The van der Waals surface area contributed by atoms with Gasteiger partial charge in [0.05, 0.1) is 8.66 Å². The van der Waals surface area contributed by atoms with Crippen molar-refractivity contribution in [3.8, 4) is 0 Å². The van der Waals surface area contributed by atoms with Gasteiger partial charge in [-0.3, -0.25) is 4.79 Å². The molecule has 0 fully saturated rings. The van der Waals surface area contributed by atoms with Gasteiger partial charge in [0.15, 0.2) is 5.82 Å². The standard InChI is InChI=1S/C10H8Br2N2OS/c1-2-14-4-3-13-10(14)8(15)7-5-6(11)9(12)16-7/h3-5H,2H2,1H3. The van der Waals surface area contributed by atoms with Gasteiger partial charge in [0, 0.05) is 23.4 Å². The molecule has 0 atom stereocenters. The van der Waals surface area contributed by atoms with Gasteiger partial charge < -0.3 is 4.57 Å². The van der Waals surface area contributed by atoms with Gasteiger partial charge in [-0.2, -0.15) is 0 Å². The zero-order chi connectivity index (χ0) is 11.7. The number of aryl methyl sites for hydroxylation is 1. The summed E-state index contributed by atoms with van der Waals surface area (Å²) in [7, 11) is 0. The Kier molecular flexibility index (Phi) is 3.61. The molecule has 0 radical (unpaired) electrons. The van der Waals surface area contributed by atoms with Crippen LogP contribution in [0.5, 0.6) is 0 Å². The van der Waals surface area contributed by atoms with E-state index in [1.165, 1.54) is 11.3 Å². The molecule has 0 aliphatic carbocycles. The highest BCUT2D eigenvalue weighted by Crippen LogP contribution is 2.33. The molecule has 2 aromatic heterocycles. The number of halogens is 2. The van der Waals surface area contributed by atoms with Crippen molar-refractivity contribution in [2.45, 2.75) is 13.5 Å². The molecule has 0 aromatic carbocycles. The quantitative estimate of drug-likeness (QED) is 0.779. The lowest BCUT2D eigenvalue weighted by molar-refractivity contribution is 0.102. The Hall–Kier alpha value is -0.460. The van der Waals surface area contributed by atoms with Crippen molar-refractivity contribution in [1.82, 2.24) is 9.55 Å². The summed E-state index contributed by atoms with van der Waals surface area (Å²) in [5, 5.41) is 0. The monoisotopic (exact) mass is 362 g/mol. The summed E-state index contributed by atoms with van der Waals surface area (Å²) in [6.45, 7) is 2.73. The first-order valence-corrected chi connectivity index (χ1v) is 7.04. The summed E-state index contributed by atoms with van der Waals surface area (Å²) in [4.78, 5) is 16.9. The molecule has 0 unspecified atom stereocenters. The van der Waals surface area contributed by atoms with Crippen molar-refractivity contribution in [1.29, 1.82) is 0 Å². The maximum Gasteiger partial charge on any atom is 0.238 e. The molecule has 2 rings (SSSR count). The van der Waals surface area contributed by atoms with Crippen molar-refractivity contribution < 1.29 is 4.79 Å². The Labute approximate surface area is 114 Å². The highest BCUT2D eigenvalue weighted by Gasteiger charge is 2.18. The molecular formula is C10H8Br2N2OS. The first kappa shape index (κ1) is 12.0. The van der Waals surface area contributed by atoms with E-state index in [2.05, 4.69) is 36.8 Å². The molecular weight excluding hydrogens is 356 g/mol. The summed E-state index contributed by atoms with van der Waals surface area (Å²) < 4.78 is 3.66. The zero-order valence-electron chi connectivity index (χ0n) is 8.41. The molecule has 6 heteroatoms. The Morgan fingerprint density at radius 3 is 2.88 bits per heavy atom. The minimum atomic E-state index is -0.0387. The summed E-state index contributed by atoms with van der Waals surface area (Å²) >= 11 is 8.15. The van der Waals surface area contributed by atoms with Crippen LogP contribution >= 0.6 is 43.2 Å². The van der Waals surface area contributed by atoms with Crippen LogP contribution in [-0.4, -0.2) is 15.3 Å². The number of thiophene rings is 1. The second-order valence-electron chi connectivity index (χ2n) is 3.10. The van der Waals surface area contributed by atoms with Crippen LogP contribution in [0.1, 0.15) is 22.4 Å². The Bertz CT molecular complexity index is 513. The minimum Gasteiger partial charge on any atom is -0.328 e. The number of hydrogen-bond donors (Lipinski definition) is 0. The number of ketones is 1. The van der Waals surface area contributed by atoms with Crippen LogP contribution in [0.4, 0.5) is 0 Å². The lowest BCUT2D eigenvalue weighted by atomic mass is 10.3. The van der Waals surface area contributed by atoms with E-state index < -0.39 is 0 Å². The van der Waals surface area contributed by atoms with Crippen LogP contribution in [0.15, 0.2) is 26.7 Å². The van der Waals surface area contributed by atoms with Crippen molar-refractivity contribution in [2.75, 3.05) is 0 Å². The van der Waals surface area contributed by atoms with Crippen LogP contribution < -0.4 is 0 Å². The average molecular weight is 364 g/mol. The summed E-state index contributed by atoms with van der Waals surface area (Å²) in [5.74, 6) is 0.451. The number of aromatic nitrogens is 2. The second-order valence-corrected chi connectivity index (χ2v) is 6.32. The smallest absolute Gasteiger partial charge is 0.238 e. The van der Waals surface area contributed by atoms with Crippen molar-refractivity contribution in [3.05, 3.63) is 37.4 Å². The molecule has 0 amide bonds. The molecule has 0 bridgehead atoms. The molecule has 16 heavy (non-hydrogen) atoms. The first-order chi connectivity index (χ1) is 7.63. The van der Waals surface area contributed by atoms with Crippen LogP contribution in [0, 0.1) is 0 Å². The first-order valence-electron chi connectivity index (χ1n) is 4.64. The Balaban J connectivity index is 2.39. The van der Waals surface area contributed by atoms with E-state index in [9.17, 15) is 4.79 Å².